The number of carboxylic acids is 2. The molecule has 0 bridgehead atoms. The van der Waals surface area contributed by atoms with Crippen molar-refractivity contribution >= 4 is 23.5 Å². The molecule has 0 aliphatic carbocycles. The molecule has 0 fully saturated rings. The van der Waals surface area contributed by atoms with Crippen LogP contribution in [0.3, 0.4) is 0 Å². The summed E-state index contributed by atoms with van der Waals surface area (Å²) in [4.78, 5) is 32.3. The van der Waals surface area contributed by atoms with E-state index in [9.17, 15) is 18.8 Å². The van der Waals surface area contributed by atoms with Gasteiger partial charge in [0, 0.05) is 0 Å². The summed E-state index contributed by atoms with van der Waals surface area (Å²) in [5.74, 6) is -4.13. The molecule has 3 N–H and O–H groups in total. The van der Waals surface area contributed by atoms with Crippen LogP contribution < -0.4 is 5.32 Å². The van der Waals surface area contributed by atoms with Crippen LogP contribution in [-0.2, 0) is 14.3 Å². The van der Waals surface area contributed by atoms with Crippen LogP contribution in [0, 0.1) is 5.82 Å². The normalized spacial score (nSPS) is 9.95. The van der Waals surface area contributed by atoms with E-state index in [0.29, 0.717) is 0 Å². The summed E-state index contributed by atoms with van der Waals surface area (Å²) in [6.07, 6.45) is 0. The van der Waals surface area contributed by atoms with Gasteiger partial charge in [0.1, 0.15) is 19.0 Å². The van der Waals surface area contributed by atoms with Gasteiger partial charge in [-0.1, -0.05) is 0 Å². The molecule has 1 rings (SSSR count). The molecule has 102 valence electrons. The van der Waals surface area contributed by atoms with Gasteiger partial charge >= 0.3 is 11.9 Å². The van der Waals surface area contributed by atoms with Crippen molar-refractivity contribution in [2.24, 2.45) is 0 Å². The maximum absolute atomic E-state index is 12.9. The Hall–Kier alpha value is -2.48. The van der Waals surface area contributed by atoms with Gasteiger partial charge in [-0.15, -0.1) is 0 Å². The second kappa shape index (κ2) is 6.45. The van der Waals surface area contributed by atoms with Crippen molar-refractivity contribution in [2.45, 2.75) is 0 Å². The maximum atomic E-state index is 12.9. The molecule has 8 heteroatoms. The number of carbonyl (C=O) groups is 3. The van der Waals surface area contributed by atoms with E-state index in [1.807, 2.05) is 0 Å². The van der Waals surface area contributed by atoms with Crippen molar-refractivity contribution in [3.63, 3.8) is 0 Å². The van der Waals surface area contributed by atoms with Gasteiger partial charge in [-0.3, -0.25) is 4.79 Å². The second-order valence-corrected chi connectivity index (χ2v) is 3.43. The first-order valence-electron chi connectivity index (χ1n) is 5.02. The Morgan fingerprint density at radius 1 is 1.21 bits per heavy atom. The number of amides is 1. The Morgan fingerprint density at radius 3 is 2.47 bits per heavy atom. The van der Waals surface area contributed by atoms with Crippen molar-refractivity contribution in [1.29, 1.82) is 0 Å². The summed E-state index contributed by atoms with van der Waals surface area (Å²) in [7, 11) is 0. The van der Waals surface area contributed by atoms with E-state index in [1.54, 1.807) is 0 Å². The molecule has 0 aromatic heterocycles. The van der Waals surface area contributed by atoms with Gasteiger partial charge in [-0.25, -0.2) is 14.0 Å². The second-order valence-electron chi connectivity index (χ2n) is 3.43. The number of hydrogen-bond donors (Lipinski definition) is 3. The highest BCUT2D eigenvalue weighted by Gasteiger charge is 2.13. The van der Waals surface area contributed by atoms with Crippen molar-refractivity contribution in [3.05, 3.63) is 29.6 Å². The van der Waals surface area contributed by atoms with Crippen molar-refractivity contribution in [3.8, 4) is 0 Å². The molecular formula is C11H10FNO6. The van der Waals surface area contributed by atoms with Crippen molar-refractivity contribution in [1.82, 2.24) is 0 Å². The highest BCUT2D eigenvalue weighted by Crippen LogP contribution is 2.16. The van der Waals surface area contributed by atoms with Crippen LogP contribution in [0.5, 0.6) is 0 Å². The SMILES string of the molecule is O=C(O)COCC(=O)Nc1ccc(F)cc1C(=O)O. The third-order valence-corrected chi connectivity index (χ3v) is 1.94. The third kappa shape index (κ3) is 4.72. The van der Waals surface area contributed by atoms with Gasteiger partial charge < -0.3 is 20.3 Å². The zero-order valence-corrected chi connectivity index (χ0v) is 9.55. The Balaban J connectivity index is 2.68. The molecule has 0 spiro atoms. The number of aromatic carboxylic acids is 1. The lowest BCUT2D eigenvalue weighted by Crippen LogP contribution is -2.22. The van der Waals surface area contributed by atoms with Gasteiger partial charge in [0.15, 0.2) is 0 Å². The number of rotatable bonds is 6. The lowest BCUT2D eigenvalue weighted by molar-refractivity contribution is -0.143. The van der Waals surface area contributed by atoms with E-state index in [0.717, 1.165) is 18.2 Å². The molecule has 0 heterocycles. The summed E-state index contributed by atoms with van der Waals surface area (Å²) >= 11 is 0. The number of carboxylic acid groups (broad SMARTS) is 2. The number of anilines is 1. The van der Waals surface area contributed by atoms with Crippen LogP contribution in [0.2, 0.25) is 0 Å². The van der Waals surface area contributed by atoms with Crippen LogP contribution in [0.1, 0.15) is 10.4 Å². The minimum absolute atomic E-state index is 0.0992. The number of nitrogens with one attached hydrogen (secondary N) is 1. The summed E-state index contributed by atoms with van der Waals surface area (Å²) < 4.78 is 17.4. The predicted octanol–water partition coefficient (Wildman–Crippen LogP) is 0.564. The largest absolute Gasteiger partial charge is 0.480 e. The molecule has 19 heavy (non-hydrogen) atoms. The van der Waals surface area contributed by atoms with Gasteiger partial charge in [0.2, 0.25) is 5.91 Å². The van der Waals surface area contributed by atoms with Gasteiger partial charge in [0.25, 0.3) is 0 Å². The first kappa shape index (κ1) is 14.6. The smallest absolute Gasteiger partial charge is 0.337 e. The van der Waals surface area contributed by atoms with Crippen molar-refractivity contribution < 1.29 is 33.7 Å². The Kier molecular flexibility index (Phi) is 4.95. The number of aliphatic carboxylic acids is 1. The highest BCUT2D eigenvalue weighted by molar-refractivity contribution is 6.00. The topological polar surface area (TPSA) is 113 Å². The molecule has 0 aliphatic heterocycles. The predicted molar refractivity (Wildman–Crippen MR) is 60.4 cm³/mol. The Labute approximate surface area is 106 Å². The summed E-state index contributed by atoms with van der Waals surface area (Å²) in [6, 6.07) is 2.84. The van der Waals surface area contributed by atoms with E-state index < -0.39 is 42.4 Å². The quantitative estimate of drug-likeness (QED) is 0.697. The molecule has 1 amide bonds. The molecule has 1 aromatic carbocycles. The number of carbonyl (C=O) groups excluding carboxylic acids is 1. The van der Waals surface area contributed by atoms with E-state index in [1.165, 1.54) is 0 Å². The minimum atomic E-state index is -1.40. The lowest BCUT2D eigenvalue weighted by Gasteiger charge is -2.08. The number of hydrogen-bond acceptors (Lipinski definition) is 4. The van der Waals surface area contributed by atoms with Crippen LogP contribution in [0.4, 0.5) is 10.1 Å². The number of benzene rings is 1. The van der Waals surface area contributed by atoms with E-state index in [4.69, 9.17) is 10.2 Å². The number of ether oxygens (including phenoxy) is 1. The highest BCUT2D eigenvalue weighted by atomic mass is 19.1. The fraction of sp³-hybridized carbons (Fsp3) is 0.182. The fourth-order valence-corrected chi connectivity index (χ4v) is 1.22. The van der Waals surface area contributed by atoms with Crippen LogP contribution in [0.15, 0.2) is 18.2 Å². The van der Waals surface area contributed by atoms with E-state index in [-0.39, 0.29) is 5.69 Å². The van der Waals surface area contributed by atoms with Crippen molar-refractivity contribution in [2.75, 3.05) is 18.5 Å². The Bertz CT molecular complexity index is 516. The maximum Gasteiger partial charge on any atom is 0.337 e. The van der Waals surface area contributed by atoms with E-state index in [2.05, 4.69) is 10.1 Å². The van der Waals surface area contributed by atoms with Crippen LogP contribution in [-0.4, -0.2) is 41.3 Å². The van der Waals surface area contributed by atoms with Crippen LogP contribution in [0.25, 0.3) is 0 Å². The van der Waals surface area contributed by atoms with Gasteiger partial charge in [-0.05, 0) is 18.2 Å². The first-order valence-corrected chi connectivity index (χ1v) is 5.02. The number of halogens is 1. The first-order chi connectivity index (χ1) is 8.90. The molecule has 7 nitrogen and oxygen atoms in total. The van der Waals surface area contributed by atoms with Gasteiger partial charge in [-0.2, -0.15) is 0 Å². The zero-order chi connectivity index (χ0) is 14.4. The Morgan fingerprint density at radius 2 is 1.89 bits per heavy atom. The molecule has 1 aromatic rings. The van der Waals surface area contributed by atoms with Gasteiger partial charge in [0.05, 0.1) is 11.3 Å². The monoisotopic (exact) mass is 271 g/mol. The summed E-state index contributed by atoms with van der Waals surface area (Å²) in [5, 5.41) is 19.3. The molecule has 0 atom stereocenters. The third-order valence-electron chi connectivity index (χ3n) is 1.94. The van der Waals surface area contributed by atoms with E-state index >= 15 is 0 Å². The standard InChI is InChI=1S/C11H10FNO6/c12-6-1-2-8(7(3-6)11(17)18)13-9(14)4-19-5-10(15)16/h1-3H,4-5H2,(H,13,14)(H,15,16)(H,17,18). The average Bonchev–Trinajstić information content (AvgIpc) is 2.30. The summed E-state index contributed by atoms with van der Waals surface area (Å²) in [5.41, 5.74) is -0.510. The molecular weight excluding hydrogens is 261 g/mol. The molecule has 0 unspecified atom stereocenters. The zero-order valence-electron chi connectivity index (χ0n) is 9.55. The molecule has 0 saturated carbocycles. The summed E-state index contributed by atoms with van der Waals surface area (Å²) in [6.45, 7) is -1.20. The molecule has 0 radical (unpaired) electrons. The lowest BCUT2D eigenvalue weighted by atomic mass is 10.1. The molecule has 0 aliphatic rings. The fourth-order valence-electron chi connectivity index (χ4n) is 1.22. The minimum Gasteiger partial charge on any atom is -0.480 e. The molecule has 0 saturated heterocycles. The van der Waals surface area contributed by atoms with Crippen LogP contribution >= 0.6 is 0 Å². The average molecular weight is 271 g/mol.